The van der Waals surface area contributed by atoms with Crippen LogP contribution in [0.4, 0.5) is 0 Å². The van der Waals surface area contributed by atoms with Gasteiger partial charge in [-0.2, -0.15) is 5.10 Å². The second-order valence-electron chi connectivity index (χ2n) is 4.42. The van der Waals surface area contributed by atoms with E-state index in [1.165, 1.54) is 19.2 Å². The van der Waals surface area contributed by atoms with E-state index in [9.17, 15) is 4.79 Å². The van der Waals surface area contributed by atoms with Gasteiger partial charge in [-0.25, -0.2) is 9.50 Å². The molecule has 2 aromatic rings. The Hall–Kier alpha value is -1.65. The zero-order chi connectivity index (χ0) is 11.1. The molecule has 1 aliphatic rings. The number of hydrogen-bond acceptors (Lipinski definition) is 3. The van der Waals surface area contributed by atoms with Crippen LogP contribution in [0, 0.1) is 6.92 Å². The predicted octanol–water partition coefficient (Wildman–Crippen LogP) is 1.38. The number of aromatic amines is 1. The van der Waals surface area contributed by atoms with E-state index >= 15 is 0 Å². The molecular formula is C11H14N4O. The van der Waals surface area contributed by atoms with Crippen molar-refractivity contribution in [2.45, 2.75) is 38.5 Å². The SMILES string of the molecule is Cc1nc(C2CCCC2)n2nc[nH]c(=O)c12. The van der Waals surface area contributed by atoms with Crippen molar-refractivity contribution in [3.05, 3.63) is 28.2 Å². The number of aromatic nitrogens is 4. The smallest absolute Gasteiger partial charge is 0.277 e. The molecule has 1 saturated carbocycles. The van der Waals surface area contributed by atoms with Gasteiger partial charge >= 0.3 is 0 Å². The molecular weight excluding hydrogens is 204 g/mol. The third-order valence-electron chi connectivity index (χ3n) is 3.36. The normalized spacial score (nSPS) is 17.3. The molecule has 5 nitrogen and oxygen atoms in total. The zero-order valence-corrected chi connectivity index (χ0v) is 9.23. The maximum atomic E-state index is 11.7. The first-order valence-corrected chi connectivity index (χ1v) is 5.70. The van der Waals surface area contributed by atoms with Gasteiger partial charge in [0.15, 0.2) is 5.52 Å². The molecule has 3 rings (SSSR count). The number of imidazole rings is 1. The number of aryl methyl sites for hydroxylation is 1. The lowest BCUT2D eigenvalue weighted by Gasteiger charge is -2.05. The summed E-state index contributed by atoms with van der Waals surface area (Å²) in [6, 6.07) is 0. The zero-order valence-electron chi connectivity index (χ0n) is 9.23. The summed E-state index contributed by atoms with van der Waals surface area (Å²) < 4.78 is 1.71. The van der Waals surface area contributed by atoms with Crippen molar-refractivity contribution < 1.29 is 0 Å². The lowest BCUT2D eigenvalue weighted by molar-refractivity contribution is 0.638. The molecule has 1 fully saturated rings. The molecule has 0 unspecified atom stereocenters. The molecule has 2 aromatic heterocycles. The summed E-state index contributed by atoms with van der Waals surface area (Å²) in [5.74, 6) is 1.42. The Morgan fingerprint density at radius 3 is 2.94 bits per heavy atom. The average molecular weight is 218 g/mol. The highest BCUT2D eigenvalue weighted by atomic mass is 16.1. The van der Waals surface area contributed by atoms with E-state index in [-0.39, 0.29) is 5.56 Å². The van der Waals surface area contributed by atoms with Crippen LogP contribution in [0.1, 0.15) is 43.1 Å². The summed E-state index contributed by atoms with van der Waals surface area (Å²) in [5.41, 5.74) is 1.25. The number of nitrogens with one attached hydrogen (secondary N) is 1. The Bertz CT molecular complexity index is 577. The van der Waals surface area contributed by atoms with Crippen molar-refractivity contribution in [3.63, 3.8) is 0 Å². The number of nitrogens with zero attached hydrogens (tertiary/aromatic N) is 3. The van der Waals surface area contributed by atoms with Crippen LogP contribution in [0.15, 0.2) is 11.1 Å². The first-order valence-electron chi connectivity index (χ1n) is 5.70. The van der Waals surface area contributed by atoms with Crippen LogP contribution in [0.5, 0.6) is 0 Å². The van der Waals surface area contributed by atoms with Crippen LogP contribution < -0.4 is 5.56 Å². The summed E-state index contributed by atoms with van der Waals surface area (Å²) in [6.07, 6.45) is 6.26. The highest BCUT2D eigenvalue weighted by Crippen LogP contribution is 2.33. The molecule has 84 valence electrons. The van der Waals surface area contributed by atoms with Crippen LogP contribution in [0.2, 0.25) is 0 Å². The standard InChI is InChI=1S/C11H14N4O/c1-7-9-11(16)12-6-13-15(9)10(14-7)8-4-2-3-5-8/h6,8H,2-5H2,1H3,(H,12,13,16). The van der Waals surface area contributed by atoms with Gasteiger partial charge in [-0.05, 0) is 19.8 Å². The fraction of sp³-hybridized carbons (Fsp3) is 0.545. The minimum Gasteiger partial charge on any atom is -0.310 e. The first-order chi connectivity index (χ1) is 7.77. The van der Waals surface area contributed by atoms with Crippen molar-refractivity contribution in [1.82, 2.24) is 19.6 Å². The number of hydrogen-bond donors (Lipinski definition) is 1. The topological polar surface area (TPSA) is 63.1 Å². The Labute approximate surface area is 92.5 Å². The van der Waals surface area contributed by atoms with Gasteiger partial charge in [-0.3, -0.25) is 4.79 Å². The van der Waals surface area contributed by atoms with E-state index in [4.69, 9.17) is 0 Å². The molecule has 1 aliphatic carbocycles. The van der Waals surface area contributed by atoms with Gasteiger partial charge in [0.2, 0.25) is 0 Å². The van der Waals surface area contributed by atoms with Crippen LogP contribution in [-0.4, -0.2) is 19.6 Å². The van der Waals surface area contributed by atoms with Gasteiger partial charge in [-0.1, -0.05) is 12.8 Å². The molecule has 0 spiro atoms. The highest BCUT2D eigenvalue weighted by Gasteiger charge is 2.23. The molecule has 0 amide bonds. The Morgan fingerprint density at radius 2 is 2.19 bits per heavy atom. The molecule has 0 aliphatic heterocycles. The third-order valence-corrected chi connectivity index (χ3v) is 3.36. The maximum absolute atomic E-state index is 11.7. The van der Waals surface area contributed by atoms with Gasteiger partial charge in [-0.15, -0.1) is 0 Å². The summed E-state index contributed by atoms with van der Waals surface area (Å²) in [5, 5.41) is 4.21. The number of fused-ring (bicyclic) bond motifs is 1. The highest BCUT2D eigenvalue weighted by molar-refractivity contribution is 5.49. The molecule has 5 heteroatoms. The average Bonchev–Trinajstić information content (AvgIpc) is 2.86. The van der Waals surface area contributed by atoms with Crippen LogP contribution >= 0.6 is 0 Å². The second-order valence-corrected chi connectivity index (χ2v) is 4.42. The molecule has 2 heterocycles. The molecule has 0 bridgehead atoms. The predicted molar refractivity (Wildman–Crippen MR) is 59.6 cm³/mol. The van der Waals surface area contributed by atoms with Crippen LogP contribution in [0.25, 0.3) is 5.52 Å². The van der Waals surface area contributed by atoms with Crippen molar-refractivity contribution in [1.29, 1.82) is 0 Å². The van der Waals surface area contributed by atoms with E-state index in [2.05, 4.69) is 15.1 Å². The molecule has 0 saturated heterocycles. The van der Waals surface area contributed by atoms with Gasteiger partial charge in [0.05, 0.1) is 5.69 Å². The largest absolute Gasteiger partial charge is 0.310 e. The Kier molecular flexibility index (Phi) is 2.05. The van der Waals surface area contributed by atoms with Crippen molar-refractivity contribution >= 4 is 5.52 Å². The third kappa shape index (κ3) is 1.27. The molecule has 0 atom stereocenters. The monoisotopic (exact) mass is 218 g/mol. The van der Waals surface area contributed by atoms with E-state index < -0.39 is 0 Å². The van der Waals surface area contributed by atoms with Gasteiger partial charge in [0.1, 0.15) is 12.2 Å². The summed E-state index contributed by atoms with van der Waals surface area (Å²) in [6.45, 7) is 1.87. The van der Waals surface area contributed by atoms with Crippen molar-refractivity contribution in [2.75, 3.05) is 0 Å². The van der Waals surface area contributed by atoms with E-state index in [1.54, 1.807) is 4.52 Å². The minimum atomic E-state index is -0.107. The molecule has 0 aromatic carbocycles. The van der Waals surface area contributed by atoms with Crippen LogP contribution in [-0.2, 0) is 0 Å². The quantitative estimate of drug-likeness (QED) is 0.786. The maximum Gasteiger partial charge on any atom is 0.277 e. The number of H-pyrrole nitrogens is 1. The first kappa shape index (κ1) is 9.57. The summed E-state index contributed by atoms with van der Waals surface area (Å²) in [7, 11) is 0. The van der Waals surface area contributed by atoms with Gasteiger partial charge in [0.25, 0.3) is 5.56 Å². The summed E-state index contributed by atoms with van der Waals surface area (Å²) in [4.78, 5) is 18.8. The molecule has 1 N–H and O–H groups in total. The lowest BCUT2D eigenvalue weighted by atomic mass is 10.1. The lowest BCUT2D eigenvalue weighted by Crippen LogP contribution is -2.13. The Balaban J connectivity index is 2.26. The van der Waals surface area contributed by atoms with Crippen molar-refractivity contribution in [2.24, 2.45) is 0 Å². The van der Waals surface area contributed by atoms with Crippen molar-refractivity contribution in [3.8, 4) is 0 Å². The van der Waals surface area contributed by atoms with E-state index in [0.29, 0.717) is 11.4 Å². The fourth-order valence-corrected chi connectivity index (χ4v) is 2.58. The minimum absolute atomic E-state index is 0.107. The Morgan fingerprint density at radius 1 is 1.44 bits per heavy atom. The second kappa shape index (κ2) is 3.43. The molecule has 16 heavy (non-hydrogen) atoms. The number of rotatable bonds is 1. The van der Waals surface area contributed by atoms with E-state index in [1.807, 2.05) is 6.92 Å². The van der Waals surface area contributed by atoms with Gasteiger partial charge in [0, 0.05) is 5.92 Å². The van der Waals surface area contributed by atoms with Crippen LogP contribution in [0.3, 0.4) is 0 Å². The fourth-order valence-electron chi connectivity index (χ4n) is 2.58. The summed E-state index contributed by atoms with van der Waals surface area (Å²) >= 11 is 0. The van der Waals surface area contributed by atoms with Gasteiger partial charge < -0.3 is 4.98 Å². The van der Waals surface area contributed by atoms with E-state index in [0.717, 1.165) is 24.4 Å². The molecule has 0 radical (unpaired) electrons.